The lowest BCUT2D eigenvalue weighted by Crippen LogP contribution is -1.88. The molecule has 0 amide bonds. The van der Waals surface area contributed by atoms with E-state index in [0.29, 0.717) is 6.42 Å². The summed E-state index contributed by atoms with van der Waals surface area (Å²) in [6.45, 7) is 0. The molecule has 0 aliphatic heterocycles. The molecule has 0 radical (unpaired) electrons. The van der Waals surface area contributed by atoms with Crippen LogP contribution in [-0.4, -0.2) is 0 Å². The van der Waals surface area contributed by atoms with Gasteiger partial charge in [0.25, 0.3) is 0 Å². The summed E-state index contributed by atoms with van der Waals surface area (Å²) in [6.07, 6.45) is 0.422. The van der Waals surface area contributed by atoms with E-state index >= 15 is 0 Å². The number of hydrogen-bond donors (Lipinski definition) is 1. The fourth-order valence-corrected chi connectivity index (χ4v) is 3.11. The van der Waals surface area contributed by atoms with Crippen LogP contribution in [0, 0.1) is 11.3 Å². The largest absolute Gasteiger partial charge is 0.398 e. The molecular formula is C10H7BrN2S. The highest BCUT2D eigenvalue weighted by Crippen LogP contribution is 2.33. The predicted octanol–water partition coefficient (Wildman–Crippen LogP) is 3.31. The van der Waals surface area contributed by atoms with Crippen LogP contribution >= 0.6 is 27.3 Å². The van der Waals surface area contributed by atoms with Crippen molar-refractivity contribution in [3.63, 3.8) is 0 Å². The Morgan fingerprint density at radius 3 is 3.00 bits per heavy atom. The summed E-state index contributed by atoms with van der Waals surface area (Å²) in [5.41, 5.74) is 7.66. The first-order valence-corrected chi connectivity index (χ1v) is 5.71. The van der Waals surface area contributed by atoms with Gasteiger partial charge in [0.05, 0.1) is 12.5 Å². The predicted molar refractivity (Wildman–Crippen MR) is 63.3 cm³/mol. The number of thiophene rings is 1. The molecule has 0 aliphatic rings. The molecular weight excluding hydrogens is 260 g/mol. The van der Waals surface area contributed by atoms with Crippen LogP contribution in [0.4, 0.5) is 5.69 Å². The van der Waals surface area contributed by atoms with Crippen LogP contribution in [0.1, 0.15) is 5.56 Å². The van der Waals surface area contributed by atoms with Crippen molar-refractivity contribution in [3.8, 4) is 6.07 Å². The van der Waals surface area contributed by atoms with Gasteiger partial charge in [0, 0.05) is 20.2 Å². The van der Waals surface area contributed by atoms with Gasteiger partial charge < -0.3 is 5.73 Å². The van der Waals surface area contributed by atoms with Gasteiger partial charge in [0.1, 0.15) is 0 Å². The maximum Gasteiger partial charge on any atom is 0.0670 e. The van der Waals surface area contributed by atoms with Gasteiger partial charge in [-0.2, -0.15) is 5.26 Å². The molecule has 70 valence electrons. The van der Waals surface area contributed by atoms with Crippen molar-refractivity contribution in [3.05, 3.63) is 27.5 Å². The number of nitrogens with zero attached hydrogens (tertiary/aromatic N) is 1. The fourth-order valence-electron chi connectivity index (χ4n) is 1.45. The van der Waals surface area contributed by atoms with E-state index in [1.165, 1.54) is 0 Å². The number of anilines is 1. The zero-order chi connectivity index (χ0) is 10.1. The molecule has 0 saturated carbocycles. The molecule has 2 aromatic rings. The molecule has 0 unspecified atom stereocenters. The Hall–Kier alpha value is -1.05. The molecule has 0 saturated heterocycles. The molecule has 2 rings (SSSR count). The van der Waals surface area contributed by atoms with E-state index in [1.54, 1.807) is 11.3 Å². The topological polar surface area (TPSA) is 49.8 Å². The molecule has 1 aromatic heterocycles. The molecule has 0 fully saturated rings. The van der Waals surface area contributed by atoms with Crippen LogP contribution < -0.4 is 5.73 Å². The summed E-state index contributed by atoms with van der Waals surface area (Å²) in [5.74, 6) is 0. The highest BCUT2D eigenvalue weighted by molar-refractivity contribution is 9.10. The van der Waals surface area contributed by atoms with Crippen LogP contribution in [0.5, 0.6) is 0 Å². The molecule has 0 spiro atoms. The van der Waals surface area contributed by atoms with Crippen molar-refractivity contribution in [2.24, 2.45) is 0 Å². The smallest absolute Gasteiger partial charge is 0.0670 e. The molecule has 14 heavy (non-hydrogen) atoms. The van der Waals surface area contributed by atoms with Gasteiger partial charge in [0.15, 0.2) is 0 Å². The van der Waals surface area contributed by atoms with Crippen LogP contribution in [0.15, 0.2) is 22.0 Å². The number of nitrogen functional groups attached to an aromatic ring is 1. The molecule has 4 heteroatoms. The van der Waals surface area contributed by atoms with Crippen LogP contribution in [0.2, 0.25) is 0 Å². The van der Waals surface area contributed by atoms with Crippen molar-refractivity contribution in [2.45, 2.75) is 6.42 Å². The monoisotopic (exact) mass is 266 g/mol. The quantitative estimate of drug-likeness (QED) is 0.806. The number of benzene rings is 1. The Kier molecular flexibility index (Phi) is 2.44. The number of hydrogen-bond acceptors (Lipinski definition) is 3. The lowest BCUT2D eigenvalue weighted by atomic mass is 10.1. The van der Waals surface area contributed by atoms with E-state index in [4.69, 9.17) is 11.0 Å². The second kappa shape index (κ2) is 3.60. The van der Waals surface area contributed by atoms with E-state index in [0.717, 1.165) is 25.8 Å². The Bertz CT molecular complexity index is 525. The molecule has 0 atom stereocenters. The van der Waals surface area contributed by atoms with Crippen molar-refractivity contribution in [1.82, 2.24) is 0 Å². The van der Waals surface area contributed by atoms with Gasteiger partial charge in [-0.15, -0.1) is 11.3 Å². The number of nitrogens with two attached hydrogens (primary N) is 1. The normalized spacial score (nSPS) is 10.3. The standard InChI is InChI=1S/C10H7BrN2S/c11-7-3-8(13)10-6(1-2-12)5-14-9(10)4-7/h3-5H,1,13H2. The Balaban J connectivity index is 2.74. The van der Waals surface area contributed by atoms with Crippen LogP contribution in [0.25, 0.3) is 10.1 Å². The van der Waals surface area contributed by atoms with Crippen molar-refractivity contribution >= 4 is 43.0 Å². The molecule has 2 N–H and O–H groups in total. The van der Waals surface area contributed by atoms with Crippen molar-refractivity contribution in [2.75, 3.05) is 5.73 Å². The van der Waals surface area contributed by atoms with Gasteiger partial charge >= 0.3 is 0 Å². The summed E-state index contributed by atoms with van der Waals surface area (Å²) in [6, 6.07) is 6.04. The van der Waals surface area contributed by atoms with E-state index in [9.17, 15) is 0 Å². The second-order valence-corrected chi connectivity index (χ2v) is 4.79. The Morgan fingerprint density at radius 1 is 1.50 bits per heavy atom. The minimum Gasteiger partial charge on any atom is -0.398 e. The minimum absolute atomic E-state index is 0.422. The number of fused-ring (bicyclic) bond motifs is 1. The highest BCUT2D eigenvalue weighted by Gasteiger charge is 2.07. The van der Waals surface area contributed by atoms with Crippen molar-refractivity contribution < 1.29 is 0 Å². The van der Waals surface area contributed by atoms with E-state index in [2.05, 4.69) is 22.0 Å². The SMILES string of the molecule is N#CCc1csc2cc(Br)cc(N)c12. The fraction of sp³-hybridized carbons (Fsp3) is 0.100. The Morgan fingerprint density at radius 2 is 2.29 bits per heavy atom. The van der Waals surface area contributed by atoms with Gasteiger partial charge in [-0.05, 0) is 23.1 Å². The summed E-state index contributed by atoms with van der Waals surface area (Å²) in [4.78, 5) is 0. The molecule has 0 bridgehead atoms. The molecule has 2 nitrogen and oxygen atoms in total. The maximum atomic E-state index is 8.65. The zero-order valence-electron chi connectivity index (χ0n) is 7.25. The maximum absolute atomic E-state index is 8.65. The van der Waals surface area contributed by atoms with Crippen LogP contribution in [-0.2, 0) is 6.42 Å². The third-order valence-electron chi connectivity index (χ3n) is 2.02. The summed E-state index contributed by atoms with van der Waals surface area (Å²) < 4.78 is 2.11. The van der Waals surface area contributed by atoms with E-state index in [-0.39, 0.29) is 0 Å². The lowest BCUT2D eigenvalue weighted by molar-refractivity contribution is 1.30. The van der Waals surface area contributed by atoms with Crippen LogP contribution in [0.3, 0.4) is 0 Å². The van der Waals surface area contributed by atoms with Gasteiger partial charge in [-0.1, -0.05) is 15.9 Å². The Labute approximate surface area is 94.1 Å². The number of nitriles is 1. The average molecular weight is 267 g/mol. The second-order valence-electron chi connectivity index (χ2n) is 2.96. The first-order valence-electron chi connectivity index (χ1n) is 4.04. The molecule has 1 heterocycles. The summed E-state index contributed by atoms with van der Waals surface area (Å²) in [5, 5.41) is 11.7. The molecule has 0 aliphatic carbocycles. The van der Waals surface area contributed by atoms with Gasteiger partial charge in [-0.3, -0.25) is 0 Å². The zero-order valence-corrected chi connectivity index (χ0v) is 9.65. The van der Waals surface area contributed by atoms with E-state index in [1.807, 2.05) is 17.5 Å². The molecule has 1 aromatic carbocycles. The van der Waals surface area contributed by atoms with Gasteiger partial charge in [-0.25, -0.2) is 0 Å². The van der Waals surface area contributed by atoms with Crippen molar-refractivity contribution in [1.29, 1.82) is 5.26 Å². The van der Waals surface area contributed by atoms with E-state index < -0.39 is 0 Å². The summed E-state index contributed by atoms with van der Waals surface area (Å²) in [7, 11) is 0. The highest BCUT2D eigenvalue weighted by atomic mass is 79.9. The third kappa shape index (κ3) is 1.49. The third-order valence-corrected chi connectivity index (χ3v) is 3.45. The lowest BCUT2D eigenvalue weighted by Gasteiger charge is -1.99. The average Bonchev–Trinajstić information content (AvgIpc) is 2.49. The number of rotatable bonds is 1. The summed E-state index contributed by atoms with van der Waals surface area (Å²) >= 11 is 5.01. The first kappa shape index (κ1) is 9.50. The van der Waals surface area contributed by atoms with Gasteiger partial charge in [0.2, 0.25) is 0 Å². The first-order chi connectivity index (χ1) is 6.72. The minimum atomic E-state index is 0.422. The number of halogens is 1.